The van der Waals surface area contributed by atoms with Gasteiger partial charge in [0.15, 0.2) is 0 Å². The molecule has 0 bridgehead atoms. The number of allylic oxidation sites excluding steroid dienone is 8. The second-order valence-electron chi connectivity index (χ2n) is 5.66. The van der Waals surface area contributed by atoms with Crippen molar-refractivity contribution in [3.63, 3.8) is 0 Å². The first-order chi connectivity index (χ1) is 10.6. The SMILES string of the molecule is C/C=C\CC/C(=C\C)[PH](C)(C(/C=C\C)=C/C)c1ccccc1. The Bertz CT molecular complexity index is 561. The molecule has 0 unspecified atom stereocenters. The van der Waals surface area contributed by atoms with Gasteiger partial charge in [-0.15, -0.1) is 0 Å². The monoisotopic (exact) mass is 314 g/mol. The van der Waals surface area contributed by atoms with Crippen LogP contribution in [0.4, 0.5) is 0 Å². The van der Waals surface area contributed by atoms with Crippen molar-refractivity contribution in [2.75, 3.05) is 6.66 Å². The molecule has 22 heavy (non-hydrogen) atoms. The van der Waals surface area contributed by atoms with Crippen molar-refractivity contribution >= 4 is 12.6 Å². The summed E-state index contributed by atoms with van der Waals surface area (Å²) in [5.74, 6) is 0. The molecule has 0 nitrogen and oxygen atoms in total. The number of hydrogen-bond acceptors (Lipinski definition) is 0. The standard InChI is InChI=1S/C21H31P/c1-6-10-12-16-20(9-4)22(5,19(8-3)15-7-2)21-17-13-11-14-18-21/h6-11,13-15,17-18,22H,12,16H2,1-5H3/b10-6-,15-7-,19-8+,20-9+. The fourth-order valence-electron chi connectivity index (χ4n) is 3.13. The van der Waals surface area contributed by atoms with Gasteiger partial charge in [0.1, 0.15) is 0 Å². The van der Waals surface area contributed by atoms with E-state index in [2.05, 4.69) is 101 Å². The van der Waals surface area contributed by atoms with Crippen LogP contribution in [0.3, 0.4) is 0 Å². The minimum absolute atomic E-state index is 1.12. The van der Waals surface area contributed by atoms with E-state index in [4.69, 9.17) is 0 Å². The summed E-state index contributed by atoms with van der Waals surface area (Å²) in [7, 11) is -1.85. The van der Waals surface area contributed by atoms with Crippen LogP contribution in [0.25, 0.3) is 0 Å². The van der Waals surface area contributed by atoms with Gasteiger partial charge in [-0.05, 0) is 0 Å². The zero-order valence-corrected chi connectivity index (χ0v) is 15.8. The number of rotatable bonds is 7. The summed E-state index contributed by atoms with van der Waals surface area (Å²) >= 11 is 0. The normalized spacial score (nSPS) is 15.0. The second kappa shape index (κ2) is 9.59. The fraction of sp³-hybridized carbons (Fsp3) is 0.333. The zero-order valence-electron chi connectivity index (χ0n) is 14.8. The Hall–Kier alpha value is -1.39. The molecule has 0 amide bonds. The summed E-state index contributed by atoms with van der Waals surface area (Å²) < 4.78 is 0. The van der Waals surface area contributed by atoms with Gasteiger partial charge in [-0.1, -0.05) is 0 Å². The Morgan fingerprint density at radius 2 is 1.64 bits per heavy atom. The molecule has 0 heterocycles. The predicted molar refractivity (Wildman–Crippen MR) is 107 cm³/mol. The summed E-state index contributed by atoms with van der Waals surface area (Å²) in [6, 6.07) is 11.1. The van der Waals surface area contributed by atoms with Crippen molar-refractivity contribution < 1.29 is 0 Å². The van der Waals surface area contributed by atoms with Gasteiger partial charge in [0.25, 0.3) is 0 Å². The molecule has 1 rings (SSSR count). The van der Waals surface area contributed by atoms with Crippen LogP contribution in [0.5, 0.6) is 0 Å². The van der Waals surface area contributed by atoms with Crippen molar-refractivity contribution in [3.05, 3.63) is 77.4 Å². The average molecular weight is 314 g/mol. The maximum absolute atomic E-state index is 2.49. The van der Waals surface area contributed by atoms with E-state index in [1.54, 1.807) is 5.31 Å². The van der Waals surface area contributed by atoms with Crippen molar-refractivity contribution in [2.45, 2.75) is 40.5 Å². The molecule has 0 saturated carbocycles. The molecular weight excluding hydrogens is 283 g/mol. The fourth-order valence-corrected chi connectivity index (χ4v) is 7.36. The van der Waals surface area contributed by atoms with Crippen LogP contribution in [0.15, 0.2) is 77.4 Å². The zero-order chi connectivity index (χ0) is 16.4. The van der Waals surface area contributed by atoms with E-state index in [0.29, 0.717) is 0 Å². The first-order valence-electron chi connectivity index (χ1n) is 8.26. The van der Waals surface area contributed by atoms with E-state index in [-0.39, 0.29) is 0 Å². The molecule has 0 fully saturated rings. The molecule has 0 saturated heterocycles. The molecular formula is C21H31P. The van der Waals surface area contributed by atoms with E-state index in [1.807, 2.05) is 0 Å². The van der Waals surface area contributed by atoms with Gasteiger partial charge >= 0.3 is 137 Å². The van der Waals surface area contributed by atoms with E-state index in [0.717, 1.165) is 12.8 Å². The molecule has 0 aliphatic carbocycles. The van der Waals surface area contributed by atoms with E-state index < -0.39 is 7.26 Å². The van der Waals surface area contributed by atoms with Gasteiger partial charge in [-0.25, -0.2) is 0 Å². The molecule has 0 atom stereocenters. The summed E-state index contributed by atoms with van der Waals surface area (Å²) in [5.41, 5.74) is 0. The second-order valence-corrected chi connectivity index (χ2v) is 9.70. The van der Waals surface area contributed by atoms with E-state index >= 15 is 0 Å². The van der Waals surface area contributed by atoms with Gasteiger partial charge in [0, 0.05) is 0 Å². The van der Waals surface area contributed by atoms with Crippen LogP contribution in [0, 0.1) is 0 Å². The van der Waals surface area contributed by atoms with Gasteiger partial charge in [-0.3, -0.25) is 0 Å². The Labute approximate surface area is 137 Å². The van der Waals surface area contributed by atoms with Crippen LogP contribution in [0.2, 0.25) is 0 Å². The molecule has 1 aromatic rings. The van der Waals surface area contributed by atoms with Crippen LogP contribution in [-0.4, -0.2) is 6.66 Å². The Morgan fingerprint density at radius 3 is 2.14 bits per heavy atom. The van der Waals surface area contributed by atoms with Gasteiger partial charge in [-0.2, -0.15) is 0 Å². The van der Waals surface area contributed by atoms with Crippen molar-refractivity contribution in [1.29, 1.82) is 0 Å². The molecule has 1 aromatic carbocycles. The third-order valence-electron chi connectivity index (χ3n) is 4.39. The van der Waals surface area contributed by atoms with E-state index in [1.165, 1.54) is 10.6 Å². The molecule has 0 radical (unpaired) electrons. The molecule has 0 aliphatic heterocycles. The summed E-state index contributed by atoms with van der Waals surface area (Å²) in [5, 5.41) is 4.60. The van der Waals surface area contributed by atoms with Crippen LogP contribution >= 0.6 is 7.26 Å². The maximum atomic E-state index is 2.49. The Morgan fingerprint density at radius 1 is 0.955 bits per heavy atom. The van der Waals surface area contributed by atoms with Crippen molar-refractivity contribution in [2.24, 2.45) is 0 Å². The third-order valence-corrected chi connectivity index (χ3v) is 9.31. The molecule has 1 heteroatoms. The number of hydrogen-bond donors (Lipinski definition) is 0. The van der Waals surface area contributed by atoms with Crippen LogP contribution in [-0.2, 0) is 0 Å². The Balaban J connectivity index is 3.39. The van der Waals surface area contributed by atoms with Crippen molar-refractivity contribution in [3.8, 4) is 0 Å². The molecule has 0 N–H and O–H groups in total. The average Bonchev–Trinajstić information content (AvgIpc) is 2.56. The third kappa shape index (κ3) is 4.31. The van der Waals surface area contributed by atoms with Gasteiger partial charge in [0.2, 0.25) is 0 Å². The summed E-state index contributed by atoms with van der Waals surface area (Å²) in [6.07, 6.45) is 15.8. The van der Waals surface area contributed by atoms with Gasteiger partial charge in [0.05, 0.1) is 0 Å². The van der Waals surface area contributed by atoms with Crippen LogP contribution < -0.4 is 5.30 Å². The summed E-state index contributed by atoms with van der Waals surface area (Å²) in [4.78, 5) is 0. The first kappa shape index (κ1) is 18.7. The molecule has 0 aliphatic rings. The first-order valence-corrected chi connectivity index (χ1v) is 10.8. The molecule has 120 valence electrons. The van der Waals surface area contributed by atoms with Crippen LogP contribution in [0.1, 0.15) is 40.5 Å². The molecule has 0 aromatic heterocycles. The van der Waals surface area contributed by atoms with Gasteiger partial charge < -0.3 is 0 Å². The Kier molecular flexibility index (Phi) is 8.13. The van der Waals surface area contributed by atoms with E-state index in [9.17, 15) is 0 Å². The minimum atomic E-state index is -1.85. The topological polar surface area (TPSA) is 0 Å². The predicted octanol–water partition coefficient (Wildman–Crippen LogP) is 6.43. The molecule has 0 spiro atoms. The quantitative estimate of drug-likeness (QED) is 0.309. The number of benzene rings is 1. The van der Waals surface area contributed by atoms with Crippen molar-refractivity contribution in [1.82, 2.24) is 0 Å². The summed E-state index contributed by atoms with van der Waals surface area (Å²) in [6.45, 7) is 11.1.